The second-order valence-electron chi connectivity index (χ2n) is 4.42. The van der Waals surface area contributed by atoms with E-state index in [4.69, 9.17) is 5.73 Å². The van der Waals surface area contributed by atoms with Crippen LogP contribution in [-0.2, 0) is 6.42 Å². The first-order valence-electron chi connectivity index (χ1n) is 5.83. The summed E-state index contributed by atoms with van der Waals surface area (Å²) in [6.45, 7) is 1.71. The van der Waals surface area contributed by atoms with E-state index in [1.165, 1.54) is 12.1 Å². The monoisotopic (exact) mass is 247 g/mol. The minimum Gasteiger partial charge on any atom is -0.324 e. The molecule has 1 unspecified atom stereocenters. The minimum absolute atomic E-state index is 0.257. The molecule has 0 saturated heterocycles. The molecule has 2 rings (SSSR count). The third-order valence-corrected chi connectivity index (χ3v) is 2.99. The topological polar surface area (TPSA) is 26.0 Å². The maximum Gasteiger partial charge on any atom is 0.130 e. The fourth-order valence-electron chi connectivity index (χ4n) is 1.94. The standard InChI is InChI=1S/C15H15F2N/c1-10-3-2-4-13(15(10)17)14(18)9-11-5-7-12(16)8-6-11/h2-8,14H,9,18H2,1H3. The molecule has 18 heavy (non-hydrogen) atoms. The smallest absolute Gasteiger partial charge is 0.130 e. The average Bonchev–Trinajstić information content (AvgIpc) is 2.35. The molecule has 2 N–H and O–H groups in total. The van der Waals surface area contributed by atoms with Crippen molar-refractivity contribution in [3.8, 4) is 0 Å². The lowest BCUT2D eigenvalue weighted by molar-refractivity contribution is 0.572. The molecule has 1 atom stereocenters. The maximum absolute atomic E-state index is 13.9. The van der Waals surface area contributed by atoms with Crippen LogP contribution in [0.4, 0.5) is 8.78 Å². The highest BCUT2D eigenvalue weighted by Crippen LogP contribution is 2.21. The van der Waals surface area contributed by atoms with Gasteiger partial charge in [-0.1, -0.05) is 30.3 Å². The minimum atomic E-state index is -0.421. The van der Waals surface area contributed by atoms with Gasteiger partial charge in [0.05, 0.1) is 0 Å². The molecule has 0 aliphatic heterocycles. The maximum atomic E-state index is 13.9. The Bertz CT molecular complexity index is 535. The summed E-state index contributed by atoms with van der Waals surface area (Å²) in [6.07, 6.45) is 0.487. The quantitative estimate of drug-likeness (QED) is 0.882. The highest BCUT2D eigenvalue weighted by molar-refractivity contribution is 5.29. The summed E-state index contributed by atoms with van der Waals surface area (Å²) in [5, 5.41) is 0. The third-order valence-electron chi connectivity index (χ3n) is 2.99. The molecule has 3 heteroatoms. The summed E-state index contributed by atoms with van der Waals surface area (Å²) in [4.78, 5) is 0. The lowest BCUT2D eigenvalue weighted by Gasteiger charge is -2.14. The van der Waals surface area contributed by atoms with Crippen molar-refractivity contribution in [2.24, 2.45) is 5.73 Å². The molecule has 0 amide bonds. The number of hydrogen-bond acceptors (Lipinski definition) is 1. The van der Waals surface area contributed by atoms with Gasteiger partial charge in [0.2, 0.25) is 0 Å². The molecule has 1 nitrogen and oxygen atoms in total. The molecule has 0 aromatic heterocycles. The van der Waals surface area contributed by atoms with Gasteiger partial charge >= 0.3 is 0 Å². The van der Waals surface area contributed by atoms with Crippen molar-refractivity contribution in [3.63, 3.8) is 0 Å². The molecule has 0 spiro atoms. The number of halogens is 2. The number of hydrogen-bond donors (Lipinski definition) is 1. The summed E-state index contributed by atoms with van der Waals surface area (Å²) in [6, 6.07) is 10.9. The van der Waals surface area contributed by atoms with Crippen LogP contribution in [0.15, 0.2) is 42.5 Å². The van der Waals surface area contributed by atoms with Crippen molar-refractivity contribution in [2.75, 3.05) is 0 Å². The number of rotatable bonds is 3. The first-order valence-corrected chi connectivity index (χ1v) is 5.83. The van der Waals surface area contributed by atoms with Gasteiger partial charge in [0.25, 0.3) is 0 Å². The van der Waals surface area contributed by atoms with E-state index in [0.717, 1.165) is 5.56 Å². The molecule has 0 radical (unpaired) electrons. The molecule has 0 heterocycles. The molecule has 2 aromatic rings. The fourth-order valence-corrected chi connectivity index (χ4v) is 1.94. The predicted molar refractivity (Wildman–Crippen MR) is 68.2 cm³/mol. The summed E-state index contributed by atoms with van der Waals surface area (Å²) >= 11 is 0. The Kier molecular flexibility index (Phi) is 3.72. The molecule has 0 fully saturated rings. The Morgan fingerprint density at radius 3 is 2.39 bits per heavy atom. The largest absolute Gasteiger partial charge is 0.324 e. The zero-order valence-electron chi connectivity index (χ0n) is 10.2. The average molecular weight is 247 g/mol. The van der Waals surface area contributed by atoms with Gasteiger partial charge in [-0.15, -0.1) is 0 Å². The number of nitrogens with two attached hydrogens (primary N) is 1. The van der Waals surface area contributed by atoms with Crippen LogP contribution in [0.5, 0.6) is 0 Å². The Morgan fingerprint density at radius 1 is 1.06 bits per heavy atom. The van der Waals surface area contributed by atoms with Crippen LogP contribution in [-0.4, -0.2) is 0 Å². The van der Waals surface area contributed by atoms with Gasteiger partial charge in [0.15, 0.2) is 0 Å². The zero-order chi connectivity index (χ0) is 13.1. The molecule has 2 aromatic carbocycles. The van der Waals surface area contributed by atoms with Crippen LogP contribution in [0.25, 0.3) is 0 Å². The van der Waals surface area contributed by atoms with Gasteiger partial charge < -0.3 is 5.73 Å². The lowest BCUT2D eigenvalue weighted by Crippen LogP contribution is -2.15. The Morgan fingerprint density at radius 2 is 1.72 bits per heavy atom. The lowest BCUT2D eigenvalue weighted by atomic mass is 9.98. The van der Waals surface area contributed by atoms with Crippen molar-refractivity contribution in [1.29, 1.82) is 0 Å². The van der Waals surface area contributed by atoms with E-state index in [-0.39, 0.29) is 11.6 Å². The van der Waals surface area contributed by atoms with Crippen molar-refractivity contribution in [2.45, 2.75) is 19.4 Å². The van der Waals surface area contributed by atoms with E-state index in [9.17, 15) is 8.78 Å². The van der Waals surface area contributed by atoms with Crippen molar-refractivity contribution < 1.29 is 8.78 Å². The van der Waals surface area contributed by atoms with E-state index in [0.29, 0.717) is 17.5 Å². The van der Waals surface area contributed by atoms with Crippen LogP contribution in [0.3, 0.4) is 0 Å². The van der Waals surface area contributed by atoms with E-state index >= 15 is 0 Å². The molecule has 0 bridgehead atoms. The zero-order valence-corrected chi connectivity index (χ0v) is 10.2. The van der Waals surface area contributed by atoms with E-state index in [1.54, 1.807) is 37.3 Å². The fraction of sp³-hybridized carbons (Fsp3) is 0.200. The van der Waals surface area contributed by atoms with Gasteiger partial charge in [-0.2, -0.15) is 0 Å². The SMILES string of the molecule is Cc1cccc(C(N)Cc2ccc(F)cc2)c1F. The molecule has 0 aliphatic carbocycles. The van der Waals surface area contributed by atoms with Gasteiger partial charge in [0.1, 0.15) is 11.6 Å². The van der Waals surface area contributed by atoms with Gasteiger partial charge in [-0.3, -0.25) is 0 Å². The highest BCUT2D eigenvalue weighted by Gasteiger charge is 2.13. The first kappa shape index (κ1) is 12.7. The Labute approximate surface area is 105 Å². The normalized spacial score (nSPS) is 12.4. The summed E-state index contributed by atoms with van der Waals surface area (Å²) in [7, 11) is 0. The summed E-state index contributed by atoms with van der Waals surface area (Å²) in [5.41, 5.74) is 7.98. The van der Waals surface area contributed by atoms with Gasteiger partial charge in [-0.25, -0.2) is 8.78 Å². The van der Waals surface area contributed by atoms with Crippen LogP contribution in [0, 0.1) is 18.6 Å². The van der Waals surface area contributed by atoms with Crippen LogP contribution >= 0.6 is 0 Å². The number of benzene rings is 2. The van der Waals surface area contributed by atoms with E-state index in [1.807, 2.05) is 0 Å². The van der Waals surface area contributed by atoms with E-state index in [2.05, 4.69) is 0 Å². The van der Waals surface area contributed by atoms with Crippen molar-refractivity contribution >= 4 is 0 Å². The van der Waals surface area contributed by atoms with Gasteiger partial charge in [-0.05, 0) is 36.6 Å². The van der Waals surface area contributed by atoms with Crippen molar-refractivity contribution in [3.05, 3.63) is 70.8 Å². The van der Waals surface area contributed by atoms with Crippen LogP contribution < -0.4 is 5.73 Å². The molecule has 0 saturated carbocycles. The van der Waals surface area contributed by atoms with E-state index < -0.39 is 6.04 Å². The molecular weight excluding hydrogens is 232 g/mol. The highest BCUT2D eigenvalue weighted by atomic mass is 19.1. The number of aryl methyl sites for hydroxylation is 1. The Balaban J connectivity index is 2.19. The molecular formula is C15H15F2N. The molecule has 94 valence electrons. The Hall–Kier alpha value is -1.74. The first-order chi connectivity index (χ1) is 8.58. The summed E-state index contributed by atoms with van der Waals surface area (Å²) < 4.78 is 26.7. The van der Waals surface area contributed by atoms with Crippen molar-refractivity contribution in [1.82, 2.24) is 0 Å². The second-order valence-corrected chi connectivity index (χ2v) is 4.42. The molecule has 0 aliphatic rings. The predicted octanol–water partition coefficient (Wildman–Crippen LogP) is 3.52. The summed E-state index contributed by atoms with van der Waals surface area (Å²) in [5.74, 6) is -0.541. The van der Waals surface area contributed by atoms with Crippen LogP contribution in [0.1, 0.15) is 22.7 Å². The van der Waals surface area contributed by atoms with Crippen LogP contribution in [0.2, 0.25) is 0 Å². The third kappa shape index (κ3) is 2.74. The van der Waals surface area contributed by atoms with Gasteiger partial charge in [0, 0.05) is 11.6 Å². The second kappa shape index (κ2) is 5.27.